The fourth-order valence-corrected chi connectivity index (χ4v) is 2.41. The van der Waals surface area contributed by atoms with E-state index in [2.05, 4.69) is 0 Å². The third-order valence-electron chi connectivity index (χ3n) is 2.66. The third kappa shape index (κ3) is 3.39. The van der Waals surface area contributed by atoms with Crippen molar-refractivity contribution < 1.29 is 5.11 Å². The van der Waals surface area contributed by atoms with Gasteiger partial charge in [0, 0.05) is 21.5 Å². The van der Waals surface area contributed by atoms with E-state index >= 15 is 0 Å². The van der Waals surface area contributed by atoms with Gasteiger partial charge in [-0.2, -0.15) is 0 Å². The van der Waals surface area contributed by atoms with Gasteiger partial charge in [0.2, 0.25) is 0 Å². The van der Waals surface area contributed by atoms with Crippen LogP contribution in [0.2, 0.25) is 15.1 Å². The molecule has 1 nitrogen and oxygen atoms in total. The number of hydrogen-bond acceptors (Lipinski definition) is 1. The summed E-state index contributed by atoms with van der Waals surface area (Å²) in [6.45, 7) is 0. The first-order valence-corrected chi connectivity index (χ1v) is 6.57. The summed E-state index contributed by atoms with van der Waals surface area (Å²) in [6, 6.07) is 12.4. The number of hydrogen-bond donors (Lipinski definition) is 1. The molecule has 0 aliphatic heterocycles. The fraction of sp³-hybridized carbons (Fsp3) is 0.143. The molecule has 2 aromatic rings. The average molecular weight is 302 g/mol. The lowest BCUT2D eigenvalue weighted by atomic mass is 10.0. The molecule has 0 radical (unpaired) electrons. The van der Waals surface area contributed by atoms with Crippen LogP contribution < -0.4 is 0 Å². The van der Waals surface area contributed by atoms with Crippen molar-refractivity contribution in [2.45, 2.75) is 12.5 Å². The van der Waals surface area contributed by atoms with Crippen LogP contribution in [0.15, 0.2) is 42.5 Å². The van der Waals surface area contributed by atoms with Gasteiger partial charge in [-0.15, -0.1) is 0 Å². The summed E-state index contributed by atoms with van der Waals surface area (Å²) in [7, 11) is 0. The number of aliphatic hydroxyl groups is 1. The van der Waals surface area contributed by atoms with Gasteiger partial charge in [-0.3, -0.25) is 0 Å². The highest BCUT2D eigenvalue weighted by atomic mass is 35.5. The van der Waals surface area contributed by atoms with E-state index in [1.54, 1.807) is 24.3 Å². The van der Waals surface area contributed by atoms with Gasteiger partial charge in [-0.25, -0.2) is 0 Å². The van der Waals surface area contributed by atoms with Crippen molar-refractivity contribution >= 4 is 34.8 Å². The first-order valence-electron chi connectivity index (χ1n) is 5.44. The first-order chi connectivity index (χ1) is 8.56. The van der Waals surface area contributed by atoms with Crippen molar-refractivity contribution in [2.75, 3.05) is 0 Å². The van der Waals surface area contributed by atoms with Crippen LogP contribution in [-0.2, 0) is 6.42 Å². The Morgan fingerprint density at radius 2 is 1.67 bits per heavy atom. The van der Waals surface area contributed by atoms with Crippen LogP contribution in [0, 0.1) is 0 Å². The molecule has 94 valence electrons. The molecule has 4 heteroatoms. The number of aliphatic hydroxyl groups excluding tert-OH is 1. The van der Waals surface area contributed by atoms with E-state index in [-0.39, 0.29) is 0 Å². The third-order valence-corrected chi connectivity index (χ3v) is 3.48. The number of rotatable bonds is 3. The molecule has 2 rings (SSSR count). The van der Waals surface area contributed by atoms with Gasteiger partial charge < -0.3 is 5.11 Å². The summed E-state index contributed by atoms with van der Waals surface area (Å²) in [5, 5.41) is 11.9. The largest absolute Gasteiger partial charge is 0.388 e. The molecular formula is C14H11Cl3O. The standard InChI is InChI=1S/C14H11Cl3O/c15-11-3-1-2-10(6-11)14(18)7-9-4-5-12(16)8-13(9)17/h1-6,8,14,18H,7H2. The van der Waals surface area contributed by atoms with Crippen molar-refractivity contribution in [3.8, 4) is 0 Å². The normalized spacial score (nSPS) is 12.4. The Hall–Kier alpha value is -0.730. The SMILES string of the molecule is OC(Cc1ccc(Cl)cc1Cl)c1cccc(Cl)c1. The molecule has 0 saturated carbocycles. The van der Waals surface area contributed by atoms with Crippen LogP contribution in [0.1, 0.15) is 17.2 Å². The zero-order valence-electron chi connectivity index (χ0n) is 9.41. The Morgan fingerprint density at radius 1 is 0.944 bits per heavy atom. The Labute approximate surface area is 121 Å². The monoisotopic (exact) mass is 300 g/mol. The van der Waals surface area contributed by atoms with Gasteiger partial charge in [-0.05, 0) is 35.4 Å². The van der Waals surface area contributed by atoms with E-state index in [1.807, 2.05) is 18.2 Å². The lowest BCUT2D eigenvalue weighted by molar-refractivity contribution is 0.178. The minimum absolute atomic E-state index is 0.427. The number of benzene rings is 2. The molecule has 0 bridgehead atoms. The zero-order valence-corrected chi connectivity index (χ0v) is 11.7. The Kier molecular flexibility index (Phi) is 4.52. The molecule has 0 aromatic heterocycles. The van der Waals surface area contributed by atoms with Gasteiger partial charge in [0.25, 0.3) is 0 Å². The molecule has 0 amide bonds. The Balaban J connectivity index is 2.18. The topological polar surface area (TPSA) is 20.2 Å². The zero-order chi connectivity index (χ0) is 13.1. The highest BCUT2D eigenvalue weighted by molar-refractivity contribution is 6.35. The van der Waals surface area contributed by atoms with Gasteiger partial charge in [0.1, 0.15) is 0 Å². The predicted octanol–water partition coefficient (Wildman–Crippen LogP) is 4.92. The quantitative estimate of drug-likeness (QED) is 0.853. The summed E-state index contributed by atoms with van der Waals surface area (Å²) >= 11 is 17.8. The van der Waals surface area contributed by atoms with E-state index in [4.69, 9.17) is 34.8 Å². The summed E-state index contributed by atoms with van der Waals surface area (Å²) in [6.07, 6.45) is -0.210. The van der Waals surface area contributed by atoms with Crippen molar-refractivity contribution in [2.24, 2.45) is 0 Å². The summed E-state index contributed by atoms with van der Waals surface area (Å²) in [5.74, 6) is 0. The molecular weight excluding hydrogens is 291 g/mol. The van der Waals surface area contributed by atoms with E-state index in [0.717, 1.165) is 11.1 Å². The average Bonchev–Trinajstić information content (AvgIpc) is 2.32. The van der Waals surface area contributed by atoms with Crippen LogP contribution >= 0.6 is 34.8 Å². The maximum Gasteiger partial charge on any atom is 0.0831 e. The summed E-state index contributed by atoms with van der Waals surface area (Å²) < 4.78 is 0. The van der Waals surface area contributed by atoms with Gasteiger partial charge in [0.15, 0.2) is 0 Å². The van der Waals surface area contributed by atoms with Crippen LogP contribution in [0.4, 0.5) is 0 Å². The second kappa shape index (κ2) is 5.94. The van der Waals surface area contributed by atoms with Crippen LogP contribution in [0.25, 0.3) is 0 Å². The lowest BCUT2D eigenvalue weighted by Gasteiger charge is -2.12. The molecule has 0 aliphatic carbocycles. The van der Waals surface area contributed by atoms with Gasteiger partial charge >= 0.3 is 0 Å². The van der Waals surface area contributed by atoms with Crippen LogP contribution in [0.5, 0.6) is 0 Å². The molecule has 1 unspecified atom stereocenters. The van der Waals surface area contributed by atoms with Crippen molar-refractivity contribution in [3.63, 3.8) is 0 Å². The molecule has 0 saturated heterocycles. The highest BCUT2D eigenvalue weighted by Crippen LogP contribution is 2.27. The van der Waals surface area contributed by atoms with E-state index in [9.17, 15) is 5.11 Å². The van der Waals surface area contributed by atoms with Crippen LogP contribution in [-0.4, -0.2) is 5.11 Å². The molecule has 2 aromatic carbocycles. The second-order valence-corrected chi connectivity index (χ2v) is 5.29. The van der Waals surface area contributed by atoms with E-state index in [1.165, 1.54) is 0 Å². The first kappa shape index (κ1) is 13.7. The smallest absolute Gasteiger partial charge is 0.0831 e. The van der Waals surface area contributed by atoms with Crippen LogP contribution in [0.3, 0.4) is 0 Å². The summed E-state index contributed by atoms with van der Waals surface area (Å²) in [5.41, 5.74) is 1.63. The maximum atomic E-state index is 10.1. The Bertz CT molecular complexity index is 554. The number of halogens is 3. The minimum atomic E-state index is -0.637. The lowest BCUT2D eigenvalue weighted by Crippen LogP contribution is -2.02. The molecule has 0 spiro atoms. The fourth-order valence-electron chi connectivity index (χ4n) is 1.73. The molecule has 0 fully saturated rings. The summed E-state index contributed by atoms with van der Waals surface area (Å²) in [4.78, 5) is 0. The Morgan fingerprint density at radius 3 is 2.33 bits per heavy atom. The minimum Gasteiger partial charge on any atom is -0.388 e. The van der Waals surface area contributed by atoms with Gasteiger partial charge in [0.05, 0.1) is 6.10 Å². The van der Waals surface area contributed by atoms with Crippen molar-refractivity contribution in [3.05, 3.63) is 68.7 Å². The predicted molar refractivity (Wildman–Crippen MR) is 76.6 cm³/mol. The van der Waals surface area contributed by atoms with E-state index < -0.39 is 6.10 Å². The van der Waals surface area contributed by atoms with Crippen molar-refractivity contribution in [1.82, 2.24) is 0 Å². The molecule has 1 atom stereocenters. The van der Waals surface area contributed by atoms with Gasteiger partial charge in [-0.1, -0.05) is 53.0 Å². The molecule has 1 N–H and O–H groups in total. The molecule has 18 heavy (non-hydrogen) atoms. The molecule has 0 heterocycles. The van der Waals surface area contributed by atoms with E-state index in [0.29, 0.717) is 21.5 Å². The maximum absolute atomic E-state index is 10.1. The highest BCUT2D eigenvalue weighted by Gasteiger charge is 2.11. The van der Waals surface area contributed by atoms with Crippen molar-refractivity contribution in [1.29, 1.82) is 0 Å². The molecule has 0 aliphatic rings. The second-order valence-electron chi connectivity index (χ2n) is 4.01.